The van der Waals surface area contributed by atoms with Crippen molar-refractivity contribution in [1.29, 1.82) is 0 Å². The number of ether oxygens (including phenoxy) is 1. The molecule has 1 aliphatic heterocycles. The molecule has 0 bridgehead atoms. The van der Waals surface area contributed by atoms with E-state index in [-0.39, 0.29) is 0 Å². The minimum atomic E-state index is 0.646. The Kier molecular flexibility index (Phi) is 3.75. The van der Waals surface area contributed by atoms with Crippen molar-refractivity contribution in [3.63, 3.8) is 0 Å². The van der Waals surface area contributed by atoms with Crippen LogP contribution in [0.5, 0.6) is 0 Å². The quantitative estimate of drug-likeness (QED) is 0.780. The fourth-order valence-electron chi connectivity index (χ4n) is 1.93. The van der Waals surface area contributed by atoms with Gasteiger partial charge < -0.3 is 10.5 Å². The third-order valence-corrected chi connectivity index (χ3v) is 2.83. The van der Waals surface area contributed by atoms with E-state index < -0.39 is 0 Å². The summed E-state index contributed by atoms with van der Waals surface area (Å²) in [5, 5.41) is 4.35. The summed E-state index contributed by atoms with van der Waals surface area (Å²) in [6.45, 7) is 3.54. The highest BCUT2D eigenvalue weighted by atomic mass is 16.5. The molecule has 0 spiro atoms. The highest BCUT2D eigenvalue weighted by Gasteiger charge is 2.16. The molecule has 15 heavy (non-hydrogen) atoms. The van der Waals surface area contributed by atoms with Crippen molar-refractivity contribution in [2.45, 2.75) is 25.8 Å². The van der Waals surface area contributed by atoms with Crippen molar-refractivity contribution in [1.82, 2.24) is 9.78 Å². The summed E-state index contributed by atoms with van der Waals surface area (Å²) in [6, 6.07) is 0. The van der Waals surface area contributed by atoms with Crippen LogP contribution in [0, 0.1) is 5.92 Å². The van der Waals surface area contributed by atoms with Crippen LogP contribution in [0.1, 0.15) is 18.4 Å². The smallest absolute Gasteiger partial charge is 0.0521 e. The fraction of sp³-hybridized carbons (Fsp3) is 0.727. The van der Waals surface area contributed by atoms with Gasteiger partial charge in [0.05, 0.1) is 12.8 Å². The second-order valence-electron chi connectivity index (χ2n) is 4.19. The first-order valence-corrected chi connectivity index (χ1v) is 5.67. The third-order valence-electron chi connectivity index (χ3n) is 2.83. The van der Waals surface area contributed by atoms with E-state index in [1.807, 2.05) is 10.9 Å². The van der Waals surface area contributed by atoms with Crippen molar-refractivity contribution in [2.24, 2.45) is 11.7 Å². The van der Waals surface area contributed by atoms with Crippen molar-refractivity contribution < 1.29 is 4.74 Å². The van der Waals surface area contributed by atoms with Gasteiger partial charge in [-0.3, -0.25) is 4.68 Å². The van der Waals surface area contributed by atoms with Crippen LogP contribution in [0.4, 0.5) is 0 Å². The zero-order valence-corrected chi connectivity index (χ0v) is 9.06. The van der Waals surface area contributed by atoms with Gasteiger partial charge in [0.15, 0.2) is 0 Å². The predicted molar refractivity (Wildman–Crippen MR) is 58.5 cm³/mol. The molecule has 2 heterocycles. The summed E-state index contributed by atoms with van der Waals surface area (Å²) >= 11 is 0. The van der Waals surface area contributed by atoms with Crippen molar-refractivity contribution in [2.75, 3.05) is 19.8 Å². The van der Waals surface area contributed by atoms with Crippen LogP contribution in [-0.2, 0) is 17.7 Å². The number of aromatic nitrogens is 2. The molecule has 1 aliphatic rings. The number of rotatable bonds is 5. The van der Waals surface area contributed by atoms with E-state index in [4.69, 9.17) is 10.5 Å². The maximum atomic E-state index is 5.47. The van der Waals surface area contributed by atoms with E-state index in [0.717, 1.165) is 45.6 Å². The second-order valence-corrected chi connectivity index (χ2v) is 4.19. The molecule has 1 aromatic rings. The average Bonchev–Trinajstić information content (AvgIpc) is 2.87. The molecule has 0 saturated carbocycles. The molecule has 0 unspecified atom stereocenters. The maximum Gasteiger partial charge on any atom is 0.0521 e. The van der Waals surface area contributed by atoms with Gasteiger partial charge in [0.2, 0.25) is 0 Å². The second kappa shape index (κ2) is 5.28. The topological polar surface area (TPSA) is 53.1 Å². The molecule has 0 radical (unpaired) electrons. The van der Waals surface area contributed by atoms with Crippen molar-refractivity contribution >= 4 is 0 Å². The summed E-state index contributed by atoms with van der Waals surface area (Å²) in [7, 11) is 0. The van der Waals surface area contributed by atoms with Gasteiger partial charge in [0.1, 0.15) is 0 Å². The van der Waals surface area contributed by atoms with Crippen LogP contribution in [0.3, 0.4) is 0 Å². The normalized spacial score (nSPS) is 21.0. The van der Waals surface area contributed by atoms with Crippen LogP contribution in [-0.4, -0.2) is 29.5 Å². The first kappa shape index (κ1) is 10.6. The van der Waals surface area contributed by atoms with E-state index in [2.05, 4.69) is 11.3 Å². The molecule has 4 heteroatoms. The van der Waals surface area contributed by atoms with Gasteiger partial charge in [-0.25, -0.2) is 0 Å². The highest BCUT2D eigenvalue weighted by Crippen LogP contribution is 2.14. The number of hydrogen-bond donors (Lipinski definition) is 1. The Morgan fingerprint density at radius 3 is 3.27 bits per heavy atom. The maximum absolute atomic E-state index is 5.47. The lowest BCUT2D eigenvalue weighted by Gasteiger charge is -2.06. The van der Waals surface area contributed by atoms with Crippen LogP contribution in [0.2, 0.25) is 0 Å². The number of hydrogen-bond acceptors (Lipinski definition) is 3. The minimum Gasteiger partial charge on any atom is -0.381 e. The molecule has 1 saturated heterocycles. The van der Waals surface area contributed by atoms with Crippen LogP contribution < -0.4 is 5.73 Å². The molecule has 1 atom stereocenters. The Hall–Kier alpha value is -0.870. The molecule has 4 nitrogen and oxygen atoms in total. The lowest BCUT2D eigenvalue weighted by atomic mass is 10.1. The van der Waals surface area contributed by atoms with E-state index in [1.165, 1.54) is 5.56 Å². The van der Waals surface area contributed by atoms with Crippen molar-refractivity contribution in [3.05, 3.63) is 18.0 Å². The highest BCUT2D eigenvalue weighted by molar-refractivity contribution is 5.03. The number of nitrogens with zero attached hydrogens (tertiary/aromatic N) is 2. The van der Waals surface area contributed by atoms with Crippen molar-refractivity contribution in [3.8, 4) is 0 Å². The standard InChI is InChI=1S/C11H19N3O/c12-4-1-2-10-6-13-14(7-10)8-11-3-5-15-9-11/h6-7,11H,1-5,8-9,12H2/t11-/m0/s1. The van der Waals surface area contributed by atoms with Crippen LogP contribution >= 0.6 is 0 Å². The zero-order valence-electron chi connectivity index (χ0n) is 9.06. The van der Waals surface area contributed by atoms with Gasteiger partial charge in [-0.05, 0) is 31.4 Å². The molecule has 84 valence electrons. The minimum absolute atomic E-state index is 0.646. The zero-order chi connectivity index (χ0) is 10.5. The number of aryl methyl sites for hydroxylation is 1. The van der Waals surface area contributed by atoms with E-state index in [9.17, 15) is 0 Å². The first-order chi connectivity index (χ1) is 7.38. The molecule has 2 rings (SSSR count). The predicted octanol–water partition coefficient (Wildman–Crippen LogP) is 0.811. The van der Waals surface area contributed by atoms with Gasteiger partial charge in [-0.15, -0.1) is 0 Å². The summed E-state index contributed by atoms with van der Waals surface area (Å²) in [5.41, 5.74) is 6.76. The van der Waals surface area contributed by atoms with Gasteiger partial charge in [0, 0.05) is 25.3 Å². The Morgan fingerprint density at radius 2 is 2.53 bits per heavy atom. The SMILES string of the molecule is NCCCc1cnn(C[C@@H]2CCOC2)c1. The Bertz CT molecular complexity index is 292. The Balaban J connectivity index is 1.83. The molecule has 0 amide bonds. The average molecular weight is 209 g/mol. The monoisotopic (exact) mass is 209 g/mol. The summed E-state index contributed by atoms with van der Waals surface area (Å²) < 4.78 is 7.38. The molecule has 2 N–H and O–H groups in total. The molecule has 1 fully saturated rings. The van der Waals surface area contributed by atoms with Crippen LogP contribution in [0.15, 0.2) is 12.4 Å². The van der Waals surface area contributed by atoms with Gasteiger partial charge in [-0.2, -0.15) is 5.10 Å². The first-order valence-electron chi connectivity index (χ1n) is 5.67. The third kappa shape index (κ3) is 3.04. The van der Waals surface area contributed by atoms with E-state index >= 15 is 0 Å². The van der Waals surface area contributed by atoms with Crippen LogP contribution in [0.25, 0.3) is 0 Å². The molecule has 0 aliphatic carbocycles. The lowest BCUT2D eigenvalue weighted by Crippen LogP contribution is -2.10. The molecular formula is C11H19N3O. The molecule has 1 aromatic heterocycles. The summed E-state index contributed by atoms with van der Waals surface area (Å²) in [6.07, 6.45) is 7.33. The lowest BCUT2D eigenvalue weighted by molar-refractivity contribution is 0.181. The fourth-order valence-corrected chi connectivity index (χ4v) is 1.93. The van der Waals surface area contributed by atoms with Gasteiger partial charge in [-0.1, -0.05) is 0 Å². The van der Waals surface area contributed by atoms with E-state index in [0.29, 0.717) is 5.92 Å². The molecule has 0 aromatic carbocycles. The Labute approximate surface area is 90.4 Å². The Morgan fingerprint density at radius 1 is 1.60 bits per heavy atom. The van der Waals surface area contributed by atoms with Gasteiger partial charge >= 0.3 is 0 Å². The summed E-state index contributed by atoms with van der Waals surface area (Å²) in [5.74, 6) is 0.646. The summed E-state index contributed by atoms with van der Waals surface area (Å²) in [4.78, 5) is 0. The largest absolute Gasteiger partial charge is 0.381 e. The number of nitrogens with two attached hydrogens (primary N) is 1. The van der Waals surface area contributed by atoms with E-state index in [1.54, 1.807) is 0 Å². The van der Waals surface area contributed by atoms with Gasteiger partial charge in [0.25, 0.3) is 0 Å². The molecular weight excluding hydrogens is 190 g/mol.